The smallest absolute Gasteiger partial charge is 0.208 e. The van der Waals surface area contributed by atoms with Crippen LogP contribution in [0.5, 0.6) is 0 Å². The molecule has 0 atom stereocenters. The van der Waals surface area contributed by atoms with Gasteiger partial charge in [0.05, 0.1) is 15.5 Å². The standard InChI is InChI=1S/C26H28F2N2O2S/c1-29(2)25-16-20-10-12-30(3)13-11-21(20)17-26(25)33(31,32)22-7-4-18(5-8-22)14-19-6-9-23(27)24(28)15-19/h4-9,15-17H,10-14H2,1-3H3. The molecule has 0 saturated carbocycles. The second kappa shape index (κ2) is 9.23. The zero-order chi connectivity index (χ0) is 23.8. The van der Waals surface area contributed by atoms with Crippen LogP contribution in [0.1, 0.15) is 22.3 Å². The van der Waals surface area contributed by atoms with Crippen molar-refractivity contribution in [3.63, 3.8) is 0 Å². The van der Waals surface area contributed by atoms with Crippen molar-refractivity contribution in [3.8, 4) is 0 Å². The maximum absolute atomic E-state index is 13.6. The van der Waals surface area contributed by atoms with Gasteiger partial charge in [0, 0.05) is 27.2 Å². The summed E-state index contributed by atoms with van der Waals surface area (Å²) in [4.78, 5) is 4.63. The number of anilines is 1. The highest BCUT2D eigenvalue weighted by Gasteiger charge is 2.25. The maximum Gasteiger partial charge on any atom is 0.208 e. The Morgan fingerprint density at radius 2 is 1.45 bits per heavy atom. The molecule has 1 aliphatic heterocycles. The summed E-state index contributed by atoms with van der Waals surface area (Å²) in [7, 11) is 2.05. The van der Waals surface area contributed by atoms with Gasteiger partial charge in [-0.1, -0.05) is 18.2 Å². The number of halogens is 2. The number of benzene rings is 3. The lowest BCUT2D eigenvalue weighted by Gasteiger charge is -2.21. The van der Waals surface area contributed by atoms with E-state index in [1.54, 1.807) is 24.3 Å². The predicted octanol–water partition coefficient (Wildman–Crippen LogP) is 4.48. The quantitative estimate of drug-likeness (QED) is 0.551. The Morgan fingerprint density at radius 1 is 0.848 bits per heavy atom. The summed E-state index contributed by atoms with van der Waals surface area (Å²) in [5, 5.41) is 0. The van der Waals surface area contributed by atoms with Crippen LogP contribution in [-0.4, -0.2) is 47.6 Å². The molecule has 0 bridgehead atoms. The number of sulfone groups is 1. The molecule has 0 aliphatic carbocycles. The molecule has 0 fully saturated rings. The lowest BCUT2D eigenvalue weighted by atomic mass is 10.0. The Morgan fingerprint density at radius 3 is 2.06 bits per heavy atom. The minimum atomic E-state index is -3.74. The highest BCUT2D eigenvalue weighted by Crippen LogP contribution is 2.34. The minimum Gasteiger partial charge on any atom is -0.377 e. The maximum atomic E-state index is 13.6. The molecule has 7 heteroatoms. The van der Waals surface area contributed by atoms with E-state index in [0.717, 1.165) is 49.2 Å². The van der Waals surface area contributed by atoms with Crippen LogP contribution in [0, 0.1) is 11.6 Å². The van der Waals surface area contributed by atoms with Crippen LogP contribution in [-0.2, 0) is 29.1 Å². The molecule has 0 aromatic heterocycles. The first-order valence-corrected chi connectivity index (χ1v) is 12.4. The van der Waals surface area contributed by atoms with E-state index in [0.29, 0.717) is 22.6 Å². The normalized spacial score (nSPS) is 14.6. The van der Waals surface area contributed by atoms with Crippen LogP contribution < -0.4 is 4.90 Å². The van der Waals surface area contributed by atoms with E-state index in [1.807, 2.05) is 31.1 Å². The number of rotatable bonds is 5. The Hall–Kier alpha value is -2.77. The summed E-state index contributed by atoms with van der Waals surface area (Å²) in [6, 6.07) is 14.3. The van der Waals surface area contributed by atoms with Gasteiger partial charge in [-0.3, -0.25) is 0 Å². The first kappa shape index (κ1) is 23.4. The Labute approximate surface area is 194 Å². The highest BCUT2D eigenvalue weighted by atomic mass is 32.2. The topological polar surface area (TPSA) is 40.6 Å². The fourth-order valence-corrected chi connectivity index (χ4v) is 5.78. The van der Waals surface area contributed by atoms with Gasteiger partial charge in [0.2, 0.25) is 9.84 Å². The van der Waals surface area contributed by atoms with Gasteiger partial charge in [-0.05, 0) is 85.0 Å². The predicted molar refractivity (Wildman–Crippen MR) is 127 cm³/mol. The van der Waals surface area contributed by atoms with Gasteiger partial charge < -0.3 is 9.80 Å². The van der Waals surface area contributed by atoms with Crippen LogP contribution >= 0.6 is 0 Å². The van der Waals surface area contributed by atoms with E-state index in [4.69, 9.17) is 0 Å². The zero-order valence-corrected chi connectivity index (χ0v) is 19.9. The third kappa shape index (κ3) is 4.94. The monoisotopic (exact) mass is 470 g/mol. The van der Waals surface area contributed by atoms with E-state index in [9.17, 15) is 17.2 Å². The molecule has 174 valence electrons. The highest BCUT2D eigenvalue weighted by molar-refractivity contribution is 7.91. The van der Waals surface area contributed by atoms with Gasteiger partial charge in [0.1, 0.15) is 0 Å². The molecule has 0 radical (unpaired) electrons. The average Bonchev–Trinajstić information content (AvgIpc) is 2.97. The van der Waals surface area contributed by atoms with Crippen molar-refractivity contribution in [2.75, 3.05) is 39.1 Å². The summed E-state index contributed by atoms with van der Waals surface area (Å²) in [5.41, 5.74) is 4.40. The summed E-state index contributed by atoms with van der Waals surface area (Å²) >= 11 is 0. The molecule has 0 amide bonds. The van der Waals surface area contributed by atoms with Gasteiger partial charge >= 0.3 is 0 Å². The molecule has 1 heterocycles. The van der Waals surface area contributed by atoms with Gasteiger partial charge in [0.25, 0.3) is 0 Å². The third-order valence-corrected chi connectivity index (χ3v) is 8.00. The second-order valence-corrected chi connectivity index (χ2v) is 10.8. The van der Waals surface area contributed by atoms with Gasteiger partial charge in [-0.15, -0.1) is 0 Å². The molecule has 0 spiro atoms. The number of fused-ring (bicyclic) bond motifs is 1. The molecule has 33 heavy (non-hydrogen) atoms. The van der Waals surface area contributed by atoms with Crippen LogP contribution in [0.2, 0.25) is 0 Å². The SMILES string of the molecule is CN1CCc2cc(N(C)C)c(S(=O)(=O)c3ccc(Cc4ccc(F)c(F)c4)cc3)cc2CC1. The molecular weight excluding hydrogens is 442 g/mol. The van der Waals surface area contributed by atoms with Crippen molar-refractivity contribution in [1.82, 2.24) is 4.90 Å². The largest absolute Gasteiger partial charge is 0.377 e. The molecule has 1 aliphatic rings. The molecule has 4 nitrogen and oxygen atoms in total. The summed E-state index contributed by atoms with van der Waals surface area (Å²) in [5.74, 6) is -1.78. The average molecular weight is 471 g/mol. The van der Waals surface area contributed by atoms with Crippen molar-refractivity contribution in [2.45, 2.75) is 29.1 Å². The van der Waals surface area contributed by atoms with Crippen molar-refractivity contribution in [1.29, 1.82) is 0 Å². The Bertz CT molecular complexity index is 1270. The van der Waals surface area contributed by atoms with Crippen LogP contribution in [0.4, 0.5) is 14.5 Å². The fraction of sp³-hybridized carbons (Fsp3) is 0.308. The van der Waals surface area contributed by atoms with Crippen molar-refractivity contribution in [3.05, 3.63) is 88.5 Å². The summed E-state index contributed by atoms with van der Waals surface area (Å²) in [6.45, 7) is 1.85. The summed E-state index contributed by atoms with van der Waals surface area (Å²) < 4.78 is 53.9. The molecular formula is C26H28F2N2O2S. The third-order valence-electron chi connectivity index (χ3n) is 6.20. The van der Waals surface area contributed by atoms with Gasteiger partial charge in [-0.2, -0.15) is 0 Å². The molecule has 0 N–H and O–H groups in total. The zero-order valence-electron chi connectivity index (χ0n) is 19.1. The van der Waals surface area contributed by atoms with E-state index < -0.39 is 21.5 Å². The Kier molecular flexibility index (Phi) is 6.54. The van der Waals surface area contributed by atoms with Gasteiger partial charge in [0.15, 0.2) is 11.6 Å². The molecule has 3 aromatic carbocycles. The molecule has 4 rings (SSSR count). The lowest BCUT2D eigenvalue weighted by Crippen LogP contribution is -2.20. The van der Waals surface area contributed by atoms with Crippen molar-refractivity contribution < 1.29 is 17.2 Å². The number of likely N-dealkylation sites (N-methyl/N-ethyl adjacent to an activating group) is 1. The fourth-order valence-electron chi connectivity index (χ4n) is 4.22. The van der Waals surface area contributed by atoms with Crippen molar-refractivity contribution >= 4 is 15.5 Å². The van der Waals surface area contributed by atoms with E-state index in [-0.39, 0.29) is 4.90 Å². The first-order chi connectivity index (χ1) is 15.6. The van der Waals surface area contributed by atoms with Gasteiger partial charge in [-0.25, -0.2) is 17.2 Å². The lowest BCUT2D eigenvalue weighted by molar-refractivity contribution is 0.352. The second-order valence-electron chi connectivity index (χ2n) is 8.86. The van der Waals surface area contributed by atoms with E-state index in [1.165, 1.54) is 11.6 Å². The van der Waals surface area contributed by atoms with Crippen LogP contribution in [0.15, 0.2) is 64.4 Å². The van der Waals surface area contributed by atoms with E-state index >= 15 is 0 Å². The molecule has 0 saturated heterocycles. The van der Waals surface area contributed by atoms with E-state index in [2.05, 4.69) is 11.9 Å². The Balaban J connectivity index is 1.67. The molecule has 3 aromatic rings. The first-order valence-electron chi connectivity index (χ1n) is 10.9. The number of nitrogens with zero attached hydrogens (tertiary/aromatic N) is 2. The molecule has 0 unspecified atom stereocenters. The number of hydrogen-bond acceptors (Lipinski definition) is 4. The van der Waals surface area contributed by atoms with Crippen molar-refractivity contribution in [2.24, 2.45) is 0 Å². The number of hydrogen-bond donors (Lipinski definition) is 0. The summed E-state index contributed by atoms with van der Waals surface area (Å²) in [6.07, 6.45) is 2.09. The minimum absolute atomic E-state index is 0.213. The van der Waals surface area contributed by atoms with Crippen LogP contribution in [0.3, 0.4) is 0 Å². The van der Waals surface area contributed by atoms with Crippen LogP contribution in [0.25, 0.3) is 0 Å².